The second-order valence-corrected chi connectivity index (χ2v) is 14.9. The molecule has 0 aliphatic heterocycles. The Kier molecular flexibility index (Phi) is 13.0. The van der Waals surface area contributed by atoms with E-state index in [9.17, 15) is 23.4 Å². The lowest BCUT2D eigenvalue weighted by Crippen LogP contribution is -2.50. The van der Waals surface area contributed by atoms with Gasteiger partial charge in [-0.3, -0.25) is 4.79 Å². The van der Waals surface area contributed by atoms with Crippen LogP contribution in [0.2, 0.25) is 0 Å². The first kappa shape index (κ1) is 35.8. The Morgan fingerprint density at radius 3 is 1.91 bits per heavy atom. The van der Waals surface area contributed by atoms with Gasteiger partial charge in [-0.1, -0.05) is 86.6 Å². The van der Waals surface area contributed by atoms with Crippen LogP contribution in [0.5, 0.6) is 0 Å². The van der Waals surface area contributed by atoms with Crippen molar-refractivity contribution in [3.8, 4) is 0 Å². The maximum absolute atomic E-state index is 14.0. The molecule has 1 aliphatic carbocycles. The molecule has 0 spiro atoms. The van der Waals surface area contributed by atoms with E-state index in [1.165, 1.54) is 16.4 Å². The number of nitrogens with two attached hydrogens (primary N) is 1. The molecule has 0 unspecified atom stereocenters. The summed E-state index contributed by atoms with van der Waals surface area (Å²) in [4.78, 5) is 16.0. The second-order valence-electron chi connectivity index (χ2n) is 13.0. The van der Waals surface area contributed by atoms with Gasteiger partial charge in [-0.2, -0.15) is 4.31 Å². The van der Waals surface area contributed by atoms with Gasteiger partial charge in [-0.05, 0) is 79.2 Å². The van der Waals surface area contributed by atoms with Crippen molar-refractivity contribution in [3.05, 3.63) is 102 Å². The summed E-state index contributed by atoms with van der Waals surface area (Å²) >= 11 is 0. The number of rotatable bonds is 18. The van der Waals surface area contributed by atoms with E-state index in [0.717, 1.165) is 24.0 Å². The average Bonchev–Trinajstić information content (AvgIpc) is 3.91. The standard InChI is InChI=1S/C37H51N3O5S/c1-27(2)23-24-40(46(44,45)33-21-17-28(25-41)18-22-33)32(26-42)15-10-16-34(29-19-20-29)39(3)37(43)36(38)35(30-11-6-4-7-12-30)31-13-8-5-9-14-31/h4-9,11-14,17-18,21-22,27,29,32,34-36,41-42H,10,15-16,19-20,23-26,38H2,1-3H3/t32-,34+,36-/m0/s1. The Bertz CT molecular complexity index is 1420. The summed E-state index contributed by atoms with van der Waals surface area (Å²) in [6.07, 6.45) is 4.56. The minimum Gasteiger partial charge on any atom is -0.395 e. The third-order valence-corrected chi connectivity index (χ3v) is 11.2. The number of aliphatic hydroxyl groups is 2. The topological polar surface area (TPSA) is 124 Å². The Morgan fingerprint density at radius 1 is 0.870 bits per heavy atom. The molecule has 1 aliphatic rings. The third-order valence-electron chi connectivity index (χ3n) is 9.27. The molecule has 8 nitrogen and oxygen atoms in total. The highest BCUT2D eigenvalue weighted by atomic mass is 32.2. The maximum Gasteiger partial charge on any atom is 0.243 e. The number of hydrogen-bond acceptors (Lipinski definition) is 6. The molecule has 3 aromatic rings. The maximum atomic E-state index is 14.0. The van der Waals surface area contributed by atoms with Crippen molar-refractivity contribution in [1.82, 2.24) is 9.21 Å². The number of carbonyl (C=O) groups is 1. The predicted octanol–water partition coefficient (Wildman–Crippen LogP) is 5.14. The van der Waals surface area contributed by atoms with Gasteiger partial charge in [0, 0.05) is 31.6 Å². The minimum absolute atomic E-state index is 0.0168. The largest absolute Gasteiger partial charge is 0.395 e. The molecule has 0 saturated heterocycles. The molecule has 3 aromatic carbocycles. The summed E-state index contributed by atoms with van der Waals surface area (Å²) in [6, 6.07) is 24.7. The van der Waals surface area contributed by atoms with Crippen LogP contribution in [0.15, 0.2) is 89.8 Å². The quantitative estimate of drug-likeness (QED) is 0.175. The molecule has 0 aromatic heterocycles. The highest BCUT2D eigenvalue weighted by molar-refractivity contribution is 7.89. The molecule has 46 heavy (non-hydrogen) atoms. The molecule has 4 rings (SSSR count). The van der Waals surface area contributed by atoms with Crippen molar-refractivity contribution in [2.45, 2.75) is 87.9 Å². The summed E-state index contributed by atoms with van der Waals surface area (Å²) in [6.45, 7) is 3.93. The molecule has 9 heteroatoms. The molecule has 0 bridgehead atoms. The molecule has 1 saturated carbocycles. The van der Waals surface area contributed by atoms with Crippen LogP contribution in [0.1, 0.15) is 75.0 Å². The zero-order chi connectivity index (χ0) is 33.3. The number of amides is 1. The molecule has 4 N–H and O–H groups in total. The summed E-state index contributed by atoms with van der Waals surface area (Å²) in [5.41, 5.74) is 9.41. The van der Waals surface area contributed by atoms with E-state index in [0.29, 0.717) is 43.7 Å². The smallest absolute Gasteiger partial charge is 0.243 e. The lowest BCUT2D eigenvalue weighted by Gasteiger charge is -2.34. The van der Waals surface area contributed by atoms with E-state index in [-0.39, 0.29) is 41.9 Å². The van der Waals surface area contributed by atoms with E-state index < -0.39 is 22.1 Å². The predicted molar refractivity (Wildman–Crippen MR) is 182 cm³/mol. The van der Waals surface area contributed by atoms with Crippen LogP contribution in [-0.2, 0) is 21.4 Å². The van der Waals surface area contributed by atoms with Crippen LogP contribution in [-0.4, -0.2) is 72.1 Å². The van der Waals surface area contributed by atoms with E-state index in [2.05, 4.69) is 0 Å². The van der Waals surface area contributed by atoms with Crippen molar-refractivity contribution in [3.63, 3.8) is 0 Å². The first-order chi connectivity index (χ1) is 22.1. The number of sulfonamides is 1. The molecule has 1 fully saturated rings. The SMILES string of the molecule is CC(C)CCN([C@H](CO)CCC[C@H](C1CC1)N(C)C(=O)[C@@H](N)C(c1ccccc1)c1ccccc1)S(=O)(=O)c1ccc(CO)cc1. The van der Waals surface area contributed by atoms with Crippen molar-refractivity contribution in [2.24, 2.45) is 17.6 Å². The molecule has 1 amide bonds. The van der Waals surface area contributed by atoms with Gasteiger partial charge < -0.3 is 20.8 Å². The molecular weight excluding hydrogens is 598 g/mol. The minimum atomic E-state index is -3.88. The van der Waals surface area contributed by atoms with Crippen LogP contribution in [0, 0.1) is 11.8 Å². The zero-order valence-electron chi connectivity index (χ0n) is 27.4. The molecule has 250 valence electrons. The first-order valence-corrected chi connectivity index (χ1v) is 18.0. The van der Waals surface area contributed by atoms with Crippen molar-refractivity contribution in [2.75, 3.05) is 20.2 Å². The Balaban J connectivity index is 1.48. The van der Waals surface area contributed by atoms with Crippen molar-refractivity contribution < 1.29 is 23.4 Å². The van der Waals surface area contributed by atoms with E-state index >= 15 is 0 Å². The average molecular weight is 650 g/mol. The lowest BCUT2D eigenvalue weighted by molar-refractivity contribution is -0.134. The summed E-state index contributed by atoms with van der Waals surface area (Å²) in [5, 5.41) is 19.9. The van der Waals surface area contributed by atoms with Crippen LogP contribution in [0.4, 0.5) is 0 Å². The highest BCUT2D eigenvalue weighted by Crippen LogP contribution is 2.38. The van der Waals surface area contributed by atoms with E-state index in [4.69, 9.17) is 5.73 Å². The summed E-state index contributed by atoms with van der Waals surface area (Å²) < 4.78 is 29.1. The number of carbonyl (C=O) groups excluding carboxylic acids is 1. The van der Waals surface area contributed by atoms with Gasteiger partial charge in [-0.15, -0.1) is 0 Å². The fourth-order valence-electron chi connectivity index (χ4n) is 6.37. The van der Waals surface area contributed by atoms with Crippen molar-refractivity contribution >= 4 is 15.9 Å². The van der Waals surface area contributed by atoms with E-state index in [1.807, 2.05) is 86.5 Å². The van der Waals surface area contributed by atoms with Crippen molar-refractivity contribution in [1.29, 1.82) is 0 Å². The fourth-order valence-corrected chi connectivity index (χ4v) is 8.03. The normalized spacial score (nSPS) is 15.7. The molecule has 3 atom stereocenters. The number of hydrogen-bond donors (Lipinski definition) is 3. The van der Waals surface area contributed by atoms with Crippen LogP contribution in [0.3, 0.4) is 0 Å². The van der Waals surface area contributed by atoms with E-state index in [1.54, 1.807) is 12.1 Å². The monoisotopic (exact) mass is 649 g/mol. The molecule has 0 radical (unpaired) electrons. The zero-order valence-corrected chi connectivity index (χ0v) is 28.2. The second kappa shape index (κ2) is 16.7. The third kappa shape index (κ3) is 9.04. The Labute approximate surface area is 275 Å². The van der Waals surface area contributed by atoms with Crippen LogP contribution >= 0.6 is 0 Å². The van der Waals surface area contributed by atoms with Gasteiger partial charge in [0.15, 0.2) is 0 Å². The van der Waals surface area contributed by atoms with Gasteiger partial charge in [0.2, 0.25) is 15.9 Å². The first-order valence-electron chi connectivity index (χ1n) is 16.5. The number of benzene rings is 3. The molecule has 0 heterocycles. The van der Waals surface area contributed by atoms with Gasteiger partial charge >= 0.3 is 0 Å². The van der Waals surface area contributed by atoms with Gasteiger partial charge in [-0.25, -0.2) is 8.42 Å². The number of nitrogens with zero attached hydrogens (tertiary/aromatic N) is 2. The number of aliphatic hydroxyl groups excluding tert-OH is 2. The lowest BCUT2D eigenvalue weighted by atomic mass is 9.84. The van der Waals surface area contributed by atoms with Crippen LogP contribution < -0.4 is 5.73 Å². The summed E-state index contributed by atoms with van der Waals surface area (Å²) in [7, 11) is -2.04. The number of likely N-dealkylation sites (N-methyl/N-ethyl adjacent to an activating group) is 1. The van der Waals surface area contributed by atoms with Gasteiger partial charge in [0.25, 0.3) is 0 Å². The fraction of sp³-hybridized carbons (Fsp3) is 0.486. The Hall–Kier alpha value is -3.08. The summed E-state index contributed by atoms with van der Waals surface area (Å²) in [5.74, 6) is 0.266. The van der Waals surface area contributed by atoms with Gasteiger partial charge in [0.1, 0.15) is 0 Å². The van der Waals surface area contributed by atoms with Gasteiger partial charge in [0.05, 0.1) is 24.2 Å². The highest BCUT2D eigenvalue weighted by Gasteiger charge is 2.39. The molecular formula is C37H51N3O5S. The Morgan fingerprint density at radius 2 is 1.43 bits per heavy atom. The van der Waals surface area contributed by atoms with Crippen LogP contribution in [0.25, 0.3) is 0 Å².